The van der Waals surface area contributed by atoms with Crippen LogP contribution < -0.4 is 0 Å². The van der Waals surface area contributed by atoms with Crippen molar-refractivity contribution in [3.05, 3.63) is 0 Å². The van der Waals surface area contributed by atoms with Gasteiger partial charge in [0.2, 0.25) is 0 Å². The molecule has 0 radical (unpaired) electrons. The molecule has 0 aromatic heterocycles. The topological polar surface area (TPSA) is 49.7 Å². The van der Waals surface area contributed by atoms with Crippen LogP contribution in [0.15, 0.2) is 0 Å². The first-order chi connectivity index (χ1) is 6.42. The zero-order valence-corrected chi connectivity index (χ0v) is 6.73. The number of rotatable bonds is 4. The molecular formula is C4H4BF7O3. The van der Waals surface area contributed by atoms with E-state index in [1.807, 2.05) is 0 Å². The van der Waals surface area contributed by atoms with E-state index < -0.39 is 31.9 Å². The summed E-state index contributed by atoms with van der Waals surface area (Å²) >= 11 is 0. The fourth-order valence-corrected chi connectivity index (χ4v) is 0.477. The molecule has 0 fully saturated rings. The van der Waals surface area contributed by atoms with Crippen molar-refractivity contribution in [3.8, 4) is 0 Å². The molecule has 0 aromatic rings. The number of halogens is 7. The summed E-state index contributed by atoms with van der Waals surface area (Å²) in [5.74, 6) is -11.9. The maximum absolute atomic E-state index is 12.2. The van der Waals surface area contributed by atoms with Gasteiger partial charge in [0.15, 0.2) is 0 Å². The van der Waals surface area contributed by atoms with Gasteiger partial charge in [-0.2, -0.15) is 30.7 Å². The van der Waals surface area contributed by atoms with E-state index in [1.54, 1.807) is 0 Å². The van der Waals surface area contributed by atoms with Crippen LogP contribution in [-0.4, -0.2) is 42.0 Å². The molecule has 0 aromatic carbocycles. The summed E-state index contributed by atoms with van der Waals surface area (Å²) in [6.07, 6.45) is -6.46. The summed E-state index contributed by atoms with van der Waals surface area (Å²) in [5.41, 5.74) is 0. The summed E-state index contributed by atoms with van der Waals surface area (Å²) in [4.78, 5) is 0. The Bertz CT molecular complexity index is 215. The molecule has 0 rings (SSSR count). The molecule has 0 amide bonds. The second kappa shape index (κ2) is 4.14. The van der Waals surface area contributed by atoms with E-state index in [0.717, 1.165) is 0 Å². The standard InChI is InChI=1S/C4H4BF7O3/c6-2(7,1-15-5(13)14)3(8,9)4(10,11)12/h13-14H,1H2. The first kappa shape index (κ1) is 14.5. The zero-order valence-electron chi connectivity index (χ0n) is 6.73. The van der Waals surface area contributed by atoms with Gasteiger partial charge in [-0.15, -0.1) is 0 Å². The van der Waals surface area contributed by atoms with Gasteiger partial charge in [-0.1, -0.05) is 0 Å². The van der Waals surface area contributed by atoms with Crippen LogP contribution in [0.5, 0.6) is 0 Å². The lowest BCUT2D eigenvalue weighted by Gasteiger charge is -2.27. The SMILES string of the molecule is OB(O)OCC(F)(F)C(F)(F)C(F)(F)F. The first-order valence-electron chi connectivity index (χ1n) is 3.22. The highest BCUT2D eigenvalue weighted by molar-refractivity contribution is 6.32. The average molecular weight is 244 g/mol. The van der Waals surface area contributed by atoms with Crippen LogP contribution in [0.4, 0.5) is 30.7 Å². The third kappa shape index (κ3) is 3.21. The molecule has 0 heterocycles. The Kier molecular flexibility index (Phi) is 3.99. The van der Waals surface area contributed by atoms with Crippen molar-refractivity contribution in [2.75, 3.05) is 6.61 Å². The quantitative estimate of drug-likeness (QED) is 0.568. The van der Waals surface area contributed by atoms with Gasteiger partial charge < -0.3 is 14.7 Å². The minimum absolute atomic E-state index is 2.48. The Morgan fingerprint density at radius 2 is 1.33 bits per heavy atom. The normalized spacial score (nSPS) is 14.2. The molecule has 15 heavy (non-hydrogen) atoms. The maximum Gasteiger partial charge on any atom is 0.634 e. The van der Waals surface area contributed by atoms with Crippen LogP contribution in [0.1, 0.15) is 0 Å². The Morgan fingerprint density at radius 1 is 0.933 bits per heavy atom. The largest absolute Gasteiger partial charge is 0.634 e. The van der Waals surface area contributed by atoms with Gasteiger partial charge in [0.05, 0.1) is 0 Å². The van der Waals surface area contributed by atoms with Crippen molar-refractivity contribution in [2.24, 2.45) is 0 Å². The summed E-state index contributed by atoms with van der Waals surface area (Å²) in [6.45, 7) is -2.48. The third-order valence-corrected chi connectivity index (χ3v) is 1.23. The highest BCUT2D eigenvalue weighted by Crippen LogP contribution is 2.46. The van der Waals surface area contributed by atoms with Crippen molar-refractivity contribution in [2.45, 2.75) is 18.0 Å². The zero-order chi connectivity index (χ0) is 12.5. The molecule has 0 saturated carbocycles. The average Bonchev–Trinajstić information content (AvgIpc) is 1.98. The molecule has 3 nitrogen and oxygen atoms in total. The van der Waals surface area contributed by atoms with Crippen LogP contribution in [0.25, 0.3) is 0 Å². The van der Waals surface area contributed by atoms with Gasteiger partial charge in [-0.3, -0.25) is 0 Å². The fourth-order valence-electron chi connectivity index (χ4n) is 0.477. The van der Waals surface area contributed by atoms with Gasteiger partial charge in [0.25, 0.3) is 0 Å². The molecule has 90 valence electrons. The lowest BCUT2D eigenvalue weighted by molar-refractivity contribution is -0.359. The van der Waals surface area contributed by atoms with E-state index in [0.29, 0.717) is 0 Å². The van der Waals surface area contributed by atoms with Crippen molar-refractivity contribution in [3.63, 3.8) is 0 Å². The van der Waals surface area contributed by atoms with Crippen LogP contribution in [-0.2, 0) is 4.65 Å². The van der Waals surface area contributed by atoms with Gasteiger partial charge in [0.1, 0.15) is 6.61 Å². The maximum atomic E-state index is 12.2. The molecular weight excluding hydrogens is 240 g/mol. The van der Waals surface area contributed by atoms with Crippen LogP contribution in [0.2, 0.25) is 0 Å². The molecule has 2 N–H and O–H groups in total. The van der Waals surface area contributed by atoms with E-state index >= 15 is 0 Å². The number of hydrogen-bond donors (Lipinski definition) is 2. The Hall–Kier alpha value is -0.545. The van der Waals surface area contributed by atoms with E-state index in [9.17, 15) is 30.7 Å². The van der Waals surface area contributed by atoms with Crippen molar-refractivity contribution >= 4 is 7.32 Å². The Morgan fingerprint density at radius 3 is 1.60 bits per heavy atom. The summed E-state index contributed by atoms with van der Waals surface area (Å²) in [5, 5.41) is 15.7. The smallest absolute Gasteiger partial charge is 0.402 e. The van der Waals surface area contributed by atoms with Crippen LogP contribution in [0, 0.1) is 0 Å². The van der Waals surface area contributed by atoms with Crippen LogP contribution in [0.3, 0.4) is 0 Å². The predicted octanol–water partition coefficient (Wildman–Crippen LogP) is 0.805. The van der Waals surface area contributed by atoms with E-state index in [-0.39, 0.29) is 0 Å². The van der Waals surface area contributed by atoms with Gasteiger partial charge in [0, 0.05) is 0 Å². The molecule has 0 aliphatic carbocycles. The van der Waals surface area contributed by atoms with Gasteiger partial charge in [-0.25, -0.2) is 0 Å². The fraction of sp³-hybridized carbons (Fsp3) is 1.00. The molecule has 0 aliphatic rings. The van der Waals surface area contributed by atoms with Crippen LogP contribution >= 0.6 is 0 Å². The Balaban J connectivity index is 4.70. The molecule has 0 bridgehead atoms. The van der Waals surface area contributed by atoms with E-state index in [4.69, 9.17) is 10.0 Å². The molecule has 0 spiro atoms. The lowest BCUT2D eigenvalue weighted by atomic mass is 10.1. The summed E-state index contributed by atoms with van der Waals surface area (Å²) < 4.78 is 86.1. The molecule has 0 unspecified atom stereocenters. The molecule has 0 saturated heterocycles. The van der Waals surface area contributed by atoms with Crippen molar-refractivity contribution < 1.29 is 45.4 Å². The molecule has 0 atom stereocenters. The second-order valence-electron chi connectivity index (χ2n) is 2.41. The minimum atomic E-state index is -6.46. The molecule has 11 heteroatoms. The Labute approximate surface area is 78.6 Å². The second-order valence-corrected chi connectivity index (χ2v) is 2.41. The third-order valence-electron chi connectivity index (χ3n) is 1.23. The molecule has 0 aliphatic heterocycles. The lowest BCUT2D eigenvalue weighted by Crippen LogP contribution is -2.54. The van der Waals surface area contributed by atoms with Crippen molar-refractivity contribution in [1.82, 2.24) is 0 Å². The highest BCUT2D eigenvalue weighted by Gasteiger charge is 2.73. The number of alkyl halides is 7. The predicted molar refractivity (Wildman–Crippen MR) is 32.1 cm³/mol. The van der Waals surface area contributed by atoms with Gasteiger partial charge >= 0.3 is 25.3 Å². The highest BCUT2D eigenvalue weighted by atomic mass is 19.4. The summed E-state index contributed by atoms with van der Waals surface area (Å²) in [6, 6.07) is 0. The van der Waals surface area contributed by atoms with Gasteiger partial charge in [-0.05, 0) is 0 Å². The monoisotopic (exact) mass is 244 g/mol. The van der Waals surface area contributed by atoms with Crippen molar-refractivity contribution in [1.29, 1.82) is 0 Å². The summed E-state index contributed by atoms with van der Waals surface area (Å²) in [7, 11) is -2.86. The number of hydrogen-bond acceptors (Lipinski definition) is 3. The minimum Gasteiger partial charge on any atom is -0.402 e. The first-order valence-corrected chi connectivity index (χ1v) is 3.22. The van der Waals surface area contributed by atoms with E-state index in [2.05, 4.69) is 4.65 Å². The van der Waals surface area contributed by atoms with E-state index in [1.165, 1.54) is 0 Å².